The van der Waals surface area contributed by atoms with E-state index in [1.54, 1.807) is 11.3 Å². The van der Waals surface area contributed by atoms with Crippen molar-refractivity contribution in [3.05, 3.63) is 57.3 Å². The third-order valence-corrected chi connectivity index (χ3v) is 4.63. The number of hydrogen-bond acceptors (Lipinski definition) is 3. The minimum absolute atomic E-state index is 0.337. The lowest BCUT2D eigenvalue weighted by Gasteiger charge is -2.23. The second-order valence-electron chi connectivity index (χ2n) is 5.61. The van der Waals surface area contributed by atoms with Crippen molar-refractivity contribution >= 4 is 11.3 Å². The van der Waals surface area contributed by atoms with Gasteiger partial charge in [0.15, 0.2) is 0 Å². The predicted octanol–water partition coefficient (Wildman–Crippen LogP) is 4.67. The van der Waals surface area contributed by atoms with Gasteiger partial charge >= 0.3 is 0 Å². The maximum atomic E-state index is 8.88. The van der Waals surface area contributed by atoms with Crippen LogP contribution in [0.2, 0.25) is 0 Å². The van der Waals surface area contributed by atoms with Gasteiger partial charge in [-0.3, -0.25) is 0 Å². The quantitative estimate of drug-likeness (QED) is 0.841. The van der Waals surface area contributed by atoms with Crippen LogP contribution >= 0.6 is 11.3 Å². The molecule has 2 nitrogen and oxygen atoms in total. The molecule has 0 aliphatic carbocycles. The summed E-state index contributed by atoms with van der Waals surface area (Å²) in [5, 5.41) is 14.4. The number of rotatable bonds is 6. The maximum absolute atomic E-state index is 8.88. The Hall–Kier alpha value is -1.63. The summed E-state index contributed by atoms with van der Waals surface area (Å²) in [7, 11) is 0. The molecule has 1 N–H and O–H groups in total. The third kappa shape index (κ3) is 4.17. The van der Waals surface area contributed by atoms with Gasteiger partial charge in [0.1, 0.15) is 6.07 Å². The molecule has 0 aliphatic rings. The average molecular weight is 298 g/mol. The highest BCUT2D eigenvalue weighted by molar-refractivity contribution is 7.10. The van der Waals surface area contributed by atoms with Crippen molar-refractivity contribution in [2.45, 2.75) is 39.8 Å². The number of nitriles is 1. The van der Waals surface area contributed by atoms with Crippen LogP contribution in [0.3, 0.4) is 0 Å². The van der Waals surface area contributed by atoms with E-state index in [1.807, 2.05) is 11.4 Å². The highest BCUT2D eigenvalue weighted by atomic mass is 32.1. The van der Waals surface area contributed by atoms with Crippen molar-refractivity contribution in [1.29, 1.82) is 5.26 Å². The highest BCUT2D eigenvalue weighted by Crippen LogP contribution is 2.24. The van der Waals surface area contributed by atoms with Crippen molar-refractivity contribution in [3.63, 3.8) is 0 Å². The zero-order valence-electron chi connectivity index (χ0n) is 12.9. The molecular weight excluding hydrogens is 276 g/mol. The van der Waals surface area contributed by atoms with Gasteiger partial charge in [0, 0.05) is 22.8 Å². The molecule has 2 aromatic rings. The maximum Gasteiger partial charge on any atom is 0.100 e. The molecular formula is C18H22N2S. The van der Waals surface area contributed by atoms with E-state index in [0.29, 0.717) is 12.0 Å². The number of nitrogens with zero attached hydrogens (tertiary/aromatic N) is 1. The molecule has 1 aromatic heterocycles. The molecule has 110 valence electrons. The van der Waals surface area contributed by atoms with Crippen LogP contribution in [0.4, 0.5) is 0 Å². The second kappa shape index (κ2) is 7.40. The fourth-order valence-electron chi connectivity index (χ4n) is 2.44. The van der Waals surface area contributed by atoms with Crippen molar-refractivity contribution < 1.29 is 0 Å². The molecule has 0 fully saturated rings. The Morgan fingerprint density at radius 2 is 1.95 bits per heavy atom. The molecule has 1 atom stereocenters. The van der Waals surface area contributed by atoms with Gasteiger partial charge in [-0.1, -0.05) is 45.0 Å². The van der Waals surface area contributed by atoms with Crippen LogP contribution in [0.25, 0.3) is 0 Å². The molecule has 21 heavy (non-hydrogen) atoms. The van der Waals surface area contributed by atoms with Gasteiger partial charge in [-0.15, -0.1) is 11.3 Å². The zero-order valence-corrected chi connectivity index (χ0v) is 13.7. The summed E-state index contributed by atoms with van der Waals surface area (Å²) in [6.07, 6.45) is 1.08. The Morgan fingerprint density at radius 1 is 1.24 bits per heavy atom. The molecule has 2 rings (SSSR count). The van der Waals surface area contributed by atoms with E-state index < -0.39 is 0 Å². The van der Waals surface area contributed by atoms with Crippen molar-refractivity contribution in [3.8, 4) is 6.07 Å². The summed E-state index contributed by atoms with van der Waals surface area (Å²) in [6, 6.07) is 13.4. The van der Waals surface area contributed by atoms with Crippen molar-refractivity contribution in [2.24, 2.45) is 5.92 Å². The van der Waals surface area contributed by atoms with Gasteiger partial charge in [-0.25, -0.2) is 0 Å². The first-order valence-corrected chi connectivity index (χ1v) is 8.31. The molecule has 0 saturated carbocycles. The van der Waals surface area contributed by atoms with Gasteiger partial charge < -0.3 is 5.32 Å². The molecule has 0 amide bonds. The predicted molar refractivity (Wildman–Crippen MR) is 89.3 cm³/mol. The van der Waals surface area contributed by atoms with Crippen LogP contribution in [0.15, 0.2) is 35.7 Å². The van der Waals surface area contributed by atoms with Crippen molar-refractivity contribution in [1.82, 2.24) is 5.32 Å². The first-order chi connectivity index (χ1) is 10.1. The monoisotopic (exact) mass is 298 g/mol. The first-order valence-electron chi connectivity index (χ1n) is 7.43. The van der Waals surface area contributed by atoms with E-state index in [4.69, 9.17) is 5.26 Å². The number of hydrogen-bond donors (Lipinski definition) is 1. The smallest absolute Gasteiger partial charge is 0.100 e. The molecule has 3 heteroatoms. The van der Waals surface area contributed by atoms with Crippen LogP contribution in [0, 0.1) is 17.2 Å². The summed E-state index contributed by atoms with van der Waals surface area (Å²) in [4.78, 5) is 1.21. The summed E-state index contributed by atoms with van der Waals surface area (Å²) < 4.78 is 0. The first kappa shape index (κ1) is 15.8. The van der Waals surface area contributed by atoms with Crippen LogP contribution in [-0.2, 0) is 13.0 Å². The van der Waals surface area contributed by atoms with Gasteiger partial charge in [-0.05, 0) is 29.5 Å². The normalized spacial score (nSPS) is 12.3. The summed E-state index contributed by atoms with van der Waals surface area (Å²) in [6.45, 7) is 7.46. The molecule has 0 bridgehead atoms. The molecule has 0 spiro atoms. The van der Waals surface area contributed by atoms with Gasteiger partial charge in [0.2, 0.25) is 0 Å². The number of aryl methyl sites for hydroxylation is 1. The van der Waals surface area contributed by atoms with Crippen LogP contribution in [0.5, 0.6) is 0 Å². The second-order valence-corrected chi connectivity index (χ2v) is 6.61. The Kier molecular flexibility index (Phi) is 5.55. The van der Waals surface area contributed by atoms with E-state index in [2.05, 4.69) is 56.4 Å². The van der Waals surface area contributed by atoms with Crippen LogP contribution in [0.1, 0.15) is 48.4 Å². The molecule has 1 aromatic carbocycles. The highest BCUT2D eigenvalue weighted by Gasteiger charge is 2.15. The summed E-state index contributed by atoms with van der Waals surface area (Å²) in [5.74, 6) is 0.521. The number of nitrogens with one attached hydrogen (secondary N) is 1. The lowest BCUT2D eigenvalue weighted by molar-refractivity contribution is 0.412. The van der Waals surface area contributed by atoms with E-state index in [0.717, 1.165) is 18.5 Å². The van der Waals surface area contributed by atoms with E-state index in [9.17, 15) is 0 Å². The summed E-state index contributed by atoms with van der Waals surface area (Å²) in [5.41, 5.74) is 3.46. The Bertz CT molecular complexity index is 605. The molecule has 0 radical (unpaired) electrons. The topological polar surface area (TPSA) is 35.8 Å². The largest absolute Gasteiger partial charge is 0.305 e. The van der Waals surface area contributed by atoms with Gasteiger partial charge in [0.25, 0.3) is 0 Å². The van der Waals surface area contributed by atoms with Crippen molar-refractivity contribution in [2.75, 3.05) is 0 Å². The van der Waals surface area contributed by atoms with E-state index in [-0.39, 0.29) is 0 Å². The lowest BCUT2D eigenvalue weighted by Crippen LogP contribution is -2.25. The standard InChI is InChI=1S/C18H22N2S/c1-4-14-5-7-16(8-6-14)18(13(2)3)20-11-17-9-15(10-19)12-21-17/h5-9,12-13,18,20H,4,11H2,1-3H3. The SMILES string of the molecule is CCc1ccc(C(NCc2cc(C#N)cs2)C(C)C)cc1. The molecule has 1 unspecified atom stereocenters. The fourth-order valence-corrected chi connectivity index (χ4v) is 3.20. The Labute approximate surface area is 131 Å². The Balaban J connectivity index is 2.06. The summed E-state index contributed by atoms with van der Waals surface area (Å²) >= 11 is 1.64. The molecule has 0 saturated heterocycles. The zero-order chi connectivity index (χ0) is 15.2. The van der Waals surface area contributed by atoms with Crippen LogP contribution in [-0.4, -0.2) is 0 Å². The van der Waals surface area contributed by atoms with E-state index >= 15 is 0 Å². The van der Waals surface area contributed by atoms with E-state index in [1.165, 1.54) is 16.0 Å². The lowest BCUT2D eigenvalue weighted by atomic mass is 9.95. The molecule has 0 aliphatic heterocycles. The van der Waals surface area contributed by atoms with Gasteiger partial charge in [0.05, 0.1) is 5.56 Å². The van der Waals surface area contributed by atoms with Crippen LogP contribution < -0.4 is 5.32 Å². The fraction of sp³-hybridized carbons (Fsp3) is 0.389. The number of benzene rings is 1. The van der Waals surface area contributed by atoms with Gasteiger partial charge in [-0.2, -0.15) is 5.26 Å². The molecule has 1 heterocycles. The minimum Gasteiger partial charge on any atom is -0.305 e. The Morgan fingerprint density at radius 3 is 2.48 bits per heavy atom. The third-order valence-electron chi connectivity index (χ3n) is 3.69. The minimum atomic E-state index is 0.337. The number of thiophene rings is 1. The average Bonchev–Trinajstić information content (AvgIpc) is 2.96.